The summed E-state index contributed by atoms with van der Waals surface area (Å²) in [6, 6.07) is 12.6. The molecule has 0 bridgehead atoms. The lowest BCUT2D eigenvalue weighted by molar-refractivity contribution is 0.0980. The maximum absolute atomic E-state index is 12.8. The second-order valence-electron chi connectivity index (χ2n) is 5.22. The molecule has 1 aromatic heterocycles. The van der Waals surface area contributed by atoms with E-state index in [0.717, 1.165) is 16.5 Å². The fourth-order valence-electron chi connectivity index (χ4n) is 2.95. The number of fused-ring (bicyclic) bond motifs is 4. The zero-order chi connectivity index (χ0) is 14.6. The molecule has 2 aromatic carbocycles. The smallest absolute Gasteiger partial charge is 0.196 e. The number of carbonyl (C=O) groups excluding carboxylic acids is 2. The minimum absolute atomic E-state index is 0.0989. The van der Waals surface area contributed by atoms with Crippen LogP contribution in [0.1, 0.15) is 37.4 Å². The minimum Gasteiger partial charge on any atom is -0.289 e. The number of carbonyl (C=O) groups is 2. The van der Waals surface area contributed by atoms with Crippen LogP contribution < -0.4 is 0 Å². The Morgan fingerprint density at radius 3 is 2.29 bits per heavy atom. The van der Waals surface area contributed by atoms with Gasteiger partial charge in [0.05, 0.1) is 11.1 Å². The van der Waals surface area contributed by atoms with Crippen LogP contribution in [0.5, 0.6) is 0 Å². The van der Waals surface area contributed by atoms with Gasteiger partial charge in [-0.25, -0.2) is 0 Å². The molecule has 21 heavy (non-hydrogen) atoms. The lowest BCUT2D eigenvalue weighted by Gasteiger charge is -2.18. The molecule has 0 fully saturated rings. The van der Waals surface area contributed by atoms with Crippen LogP contribution in [-0.4, -0.2) is 16.6 Å². The van der Waals surface area contributed by atoms with E-state index >= 15 is 0 Å². The van der Waals surface area contributed by atoms with Crippen LogP contribution in [0.2, 0.25) is 0 Å². The van der Waals surface area contributed by atoms with Gasteiger partial charge in [0.2, 0.25) is 0 Å². The third kappa shape index (κ3) is 1.51. The summed E-state index contributed by atoms with van der Waals surface area (Å²) in [5.41, 5.74) is 3.59. The predicted octanol–water partition coefficient (Wildman–Crippen LogP) is 3.32. The number of pyridine rings is 1. The lowest BCUT2D eigenvalue weighted by atomic mass is 9.83. The first kappa shape index (κ1) is 12.0. The highest BCUT2D eigenvalue weighted by atomic mass is 16.1. The Hall–Kier alpha value is -2.81. The zero-order valence-electron chi connectivity index (χ0n) is 11.4. The van der Waals surface area contributed by atoms with Crippen molar-refractivity contribution in [1.82, 2.24) is 4.98 Å². The molecule has 0 N–H and O–H groups in total. The van der Waals surface area contributed by atoms with Crippen LogP contribution in [-0.2, 0) is 0 Å². The van der Waals surface area contributed by atoms with Gasteiger partial charge < -0.3 is 0 Å². The summed E-state index contributed by atoms with van der Waals surface area (Å²) in [7, 11) is 0. The summed E-state index contributed by atoms with van der Waals surface area (Å²) >= 11 is 0. The Bertz CT molecular complexity index is 941. The summed E-state index contributed by atoms with van der Waals surface area (Å²) < 4.78 is 0. The van der Waals surface area contributed by atoms with Crippen molar-refractivity contribution in [2.45, 2.75) is 6.92 Å². The summed E-state index contributed by atoms with van der Waals surface area (Å²) in [6.07, 6.45) is 1.53. The van der Waals surface area contributed by atoms with Crippen LogP contribution in [0.15, 0.2) is 48.7 Å². The maximum Gasteiger partial charge on any atom is 0.196 e. The molecule has 0 atom stereocenters. The van der Waals surface area contributed by atoms with Gasteiger partial charge in [0, 0.05) is 28.3 Å². The van der Waals surface area contributed by atoms with Gasteiger partial charge in [-0.2, -0.15) is 0 Å². The van der Waals surface area contributed by atoms with Crippen LogP contribution in [0.3, 0.4) is 0 Å². The van der Waals surface area contributed by atoms with E-state index in [9.17, 15) is 9.59 Å². The number of aromatic nitrogens is 1. The number of aryl methyl sites for hydroxylation is 1. The van der Waals surface area contributed by atoms with Crippen LogP contribution in [0, 0.1) is 6.92 Å². The first-order valence-corrected chi connectivity index (χ1v) is 6.75. The number of rotatable bonds is 0. The highest BCUT2D eigenvalue weighted by Gasteiger charge is 2.31. The largest absolute Gasteiger partial charge is 0.289 e. The van der Waals surface area contributed by atoms with Crippen molar-refractivity contribution >= 4 is 22.5 Å². The summed E-state index contributed by atoms with van der Waals surface area (Å²) in [4.78, 5) is 29.8. The lowest BCUT2D eigenvalue weighted by Crippen LogP contribution is -2.21. The quantitative estimate of drug-likeness (QED) is 0.494. The van der Waals surface area contributed by atoms with Crippen molar-refractivity contribution in [2.24, 2.45) is 0 Å². The van der Waals surface area contributed by atoms with Crippen molar-refractivity contribution in [1.29, 1.82) is 0 Å². The van der Waals surface area contributed by atoms with E-state index in [-0.39, 0.29) is 11.6 Å². The van der Waals surface area contributed by atoms with E-state index < -0.39 is 0 Å². The molecule has 0 spiro atoms. The molecule has 100 valence electrons. The topological polar surface area (TPSA) is 47.0 Å². The number of benzene rings is 2. The van der Waals surface area contributed by atoms with Crippen molar-refractivity contribution in [2.75, 3.05) is 0 Å². The second-order valence-corrected chi connectivity index (χ2v) is 5.22. The highest BCUT2D eigenvalue weighted by molar-refractivity contribution is 6.31. The third-order valence-corrected chi connectivity index (χ3v) is 3.99. The standard InChI is InChI=1S/C18H11NO2/c1-10-5-4-8-13-15-14(9-19-16(10)13)17(20)11-6-2-3-7-12(11)18(15)21/h2-9H,1H3. The molecule has 3 heteroatoms. The SMILES string of the molecule is Cc1cccc2c3c(cnc12)C(=O)c1ccccc1C3=O. The first-order chi connectivity index (χ1) is 10.2. The van der Waals surface area contributed by atoms with Crippen LogP contribution >= 0.6 is 0 Å². The van der Waals surface area contributed by atoms with E-state index in [1.54, 1.807) is 24.3 Å². The Kier molecular flexibility index (Phi) is 2.33. The number of para-hydroxylation sites is 1. The average Bonchev–Trinajstić information content (AvgIpc) is 2.52. The molecular formula is C18H11NO2. The monoisotopic (exact) mass is 273 g/mol. The van der Waals surface area contributed by atoms with Gasteiger partial charge in [0.25, 0.3) is 0 Å². The molecule has 4 rings (SSSR count). The number of hydrogen-bond acceptors (Lipinski definition) is 3. The molecule has 0 amide bonds. The van der Waals surface area contributed by atoms with Gasteiger partial charge in [0.1, 0.15) is 0 Å². The van der Waals surface area contributed by atoms with Gasteiger partial charge >= 0.3 is 0 Å². The maximum atomic E-state index is 12.8. The van der Waals surface area contributed by atoms with Crippen molar-refractivity contribution < 1.29 is 9.59 Å². The van der Waals surface area contributed by atoms with Gasteiger partial charge in [-0.05, 0) is 12.5 Å². The van der Waals surface area contributed by atoms with Gasteiger partial charge in [-0.1, -0.05) is 42.5 Å². The van der Waals surface area contributed by atoms with E-state index in [0.29, 0.717) is 22.3 Å². The summed E-state index contributed by atoms with van der Waals surface area (Å²) in [5.74, 6) is -0.227. The van der Waals surface area contributed by atoms with Crippen LogP contribution in [0.4, 0.5) is 0 Å². The molecule has 3 aromatic rings. The van der Waals surface area contributed by atoms with Crippen molar-refractivity contribution in [3.63, 3.8) is 0 Å². The number of nitrogens with zero attached hydrogens (tertiary/aromatic N) is 1. The van der Waals surface area contributed by atoms with Gasteiger partial charge in [-0.3, -0.25) is 14.6 Å². The zero-order valence-corrected chi connectivity index (χ0v) is 11.4. The van der Waals surface area contributed by atoms with Crippen LogP contribution in [0.25, 0.3) is 10.9 Å². The Labute approximate surface area is 121 Å². The normalized spacial score (nSPS) is 13.2. The van der Waals surface area contributed by atoms with Gasteiger partial charge in [-0.15, -0.1) is 0 Å². The average molecular weight is 273 g/mol. The second kappa shape index (κ2) is 4.09. The molecule has 0 radical (unpaired) electrons. The molecule has 0 aliphatic heterocycles. The fourth-order valence-corrected chi connectivity index (χ4v) is 2.95. The molecule has 0 saturated heterocycles. The van der Waals surface area contributed by atoms with Crippen molar-refractivity contribution in [3.8, 4) is 0 Å². The third-order valence-electron chi connectivity index (χ3n) is 3.99. The fraction of sp³-hybridized carbons (Fsp3) is 0.0556. The van der Waals surface area contributed by atoms with E-state index in [2.05, 4.69) is 4.98 Å². The van der Waals surface area contributed by atoms with Crippen molar-refractivity contribution in [3.05, 3.63) is 76.5 Å². The highest BCUT2D eigenvalue weighted by Crippen LogP contribution is 2.32. The van der Waals surface area contributed by atoms with E-state index in [1.807, 2.05) is 25.1 Å². The molecular weight excluding hydrogens is 262 g/mol. The number of ketones is 2. The Balaban J connectivity index is 2.14. The minimum atomic E-state index is -0.129. The Morgan fingerprint density at radius 2 is 1.52 bits per heavy atom. The molecule has 1 aliphatic rings. The molecule has 0 unspecified atom stereocenters. The molecule has 1 heterocycles. The molecule has 1 aliphatic carbocycles. The summed E-state index contributed by atoms with van der Waals surface area (Å²) in [5, 5.41) is 0.750. The van der Waals surface area contributed by atoms with E-state index in [1.165, 1.54) is 6.20 Å². The molecule has 0 saturated carbocycles. The van der Waals surface area contributed by atoms with Gasteiger partial charge in [0.15, 0.2) is 11.6 Å². The number of hydrogen-bond donors (Lipinski definition) is 0. The predicted molar refractivity (Wildman–Crippen MR) is 79.8 cm³/mol. The Morgan fingerprint density at radius 1 is 0.810 bits per heavy atom. The summed E-state index contributed by atoms with van der Waals surface area (Å²) in [6.45, 7) is 1.95. The first-order valence-electron chi connectivity index (χ1n) is 6.75. The molecule has 3 nitrogen and oxygen atoms in total. The van der Waals surface area contributed by atoms with E-state index in [4.69, 9.17) is 0 Å².